The van der Waals surface area contributed by atoms with Crippen molar-refractivity contribution in [3.05, 3.63) is 11.6 Å². The van der Waals surface area contributed by atoms with Crippen LogP contribution in [0.25, 0.3) is 0 Å². The molecule has 0 N–H and O–H groups in total. The zero-order chi connectivity index (χ0) is 26.4. The van der Waals surface area contributed by atoms with Gasteiger partial charge in [0, 0.05) is 26.2 Å². The third-order valence-electron chi connectivity index (χ3n) is 11.0. The topological polar surface area (TPSA) is 69.7 Å². The number of carbonyl (C=O) groups excluding carboxylic acids is 3. The van der Waals surface area contributed by atoms with Crippen molar-refractivity contribution in [2.75, 3.05) is 0 Å². The lowest BCUT2D eigenvalue weighted by atomic mass is 9.46. The first-order valence-corrected chi connectivity index (χ1v) is 14.5. The van der Waals surface area contributed by atoms with Crippen LogP contribution in [0.1, 0.15) is 106 Å². The van der Waals surface area contributed by atoms with E-state index >= 15 is 0 Å². The predicted octanol–water partition coefficient (Wildman–Crippen LogP) is 6.68. The summed E-state index contributed by atoms with van der Waals surface area (Å²) in [6.45, 7) is 14.5. The number of fused-ring (bicyclic) bond motifs is 5. The van der Waals surface area contributed by atoms with Crippen LogP contribution in [0.4, 0.5) is 0 Å². The minimum atomic E-state index is -0.226. The molecule has 0 radical (unpaired) electrons. The molecule has 4 aliphatic carbocycles. The first-order valence-electron chi connectivity index (χ1n) is 14.5. The normalized spacial score (nSPS) is 39.4. The molecule has 0 aromatic carbocycles. The summed E-state index contributed by atoms with van der Waals surface area (Å²) in [5.41, 5.74) is 1.47. The van der Waals surface area contributed by atoms with E-state index in [9.17, 15) is 14.4 Å². The molecule has 5 heteroatoms. The third-order valence-corrected chi connectivity index (χ3v) is 11.0. The Bertz CT molecular complexity index is 905. The Hall–Kier alpha value is -1.65. The Morgan fingerprint density at radius 3 is 2.33 bits per heavy atom. The highest BCUT2D eigenvalue weighted by atomic mass is 16.5. The predicted molar refractivity (Wildman–Crippen MR) is 140 cm³/mol. The second-order valence-electron chi connectivity index (χ2n) is 13.4. The van der Waals surface area contributed by atoms with Crippen molar-refractivity contribution in [2.45, 2.75) is 118 Å². The summed E-state index contributed by atoms with van der Waals surface area (Å²) in [5, 5.41) is 0. The molecule has 0 amide bonds. The molecule has 3 fully saturated rings. The van der Waals surface area contributed by atoms with E-state index in [1.165, 1.54) is 32.3 Å². The van der Waals surface area contributed by atoms with Crippen LogP contribution < -0.4 is 0 Å². The first-order chi connectivity index (χ1) is 16.9. The molecule has 9 atom stereocenters. The number of ketones is 1. The monoisotopic (exact) mass is 500 g/mol. The van der Waals surface area contributed by atoms with E-state index in [1.54, 1.807) is 0 Å². The average molecular weight is 501 g/mol. The fourth-order valence-electron chi connectivity index (χ4n) is 9.05. The van der Waals surface area contributed by atoms with Gasteiger partial charge in [-0.25, -0.2) is 0 Å². The summed E-state index contributed by atoms with van der Waals surface area (Å²) >= 11 is 0. The van der Waals surface area contributed by atoms with E-state index in [2.05, 4.69) is 34.6 Å². The molecule has 0 saturated heterocycles. The number of hydrogen-bond acceptors (Lipinski definition) is 5. The molecule has 202 valence electrons. The maximum Gasteiger partial charge on any atom is 0.302 e. The third kappa shape index (κ3) is 4.92. The Kier molecular flexibility index (Phi) is 7.80. The van der Waals surface area contributed by atoms with Gasteiger partial charge in [-0.15, -0.1) is 0 Å². The molecule has 4 rings (SSSR count). The molecule has 0 heterocycles. The van der Waals surface area contributed by atoms with E-state index in [0.717, 1.165) is 38.5 Å². The molecule has 0 aromatic heterocycles. The number of hydrogen-bond donors (Lipinski definition) is 0. The molecule has 0 unspecified atom stereocenters. The van der Waals surface area contributed by atoms with Crippen LogP contribution in [0, 0.1) is 46.3 Å². The van der Waals surface area contributed by atoms with Gasteiger partial charge in [0.25, 0.3) is 0 Å². The second kappa shape index (κ2) is 10.3. The molecule has 0 aromatic rings. The minimum absolute atomic E-state index is 0.0174. The van der Waals surface area contributed by atoms with Gasteiger partial charge in [0.15, 0.2) is 5.78 Å². The quantitative estimate of drug-likeness (QED) is 0.365. The number of ether oxygens (including phenoxy) is 2. The molecule has 0 aliphatic heterocycles. The van der Waals surface area contributed by atoms with Crippen LogP contribution >= 0.6 is 0 Å². The van der Waals surface area contributed by atoms with Crippen LogP contribution in [0.5, 0.6) is 0 Å². The van der Waals surface area contributed by atoms with Gasteiger partial charge < -0.3 is 9.47 Å². The zero-order valence-corrected chi connectivity index (χ0v) is 23.6. The maximum absolute atomic E-state index is 13.7. The molecule has 36 heavy (non-hydrogen) atoms. The van der Waals surface area contributed by atoms with Crippen LogP contribution in [-0.2, 0) is 23.9 Å². The van der Waals surface area contributed by atoms with E-state index in [4.69, 9.17) is 9.47 Å². The fraction of sp³-hybridized carbons (Fsp3) is 0.839. The van der Waals surface area contributed by atoms with Crippen LogP contribution in [-0.4, -0.2) is 29.9 Å². The van der Waals surface area contributed by atoms with E-state index in [1.807, 2.05) is 6.08 Å². The highest BCUT2D eigenvalue weighted by Gasteiger charge is 2.61. The smallest absolute Gasteiger partial charge is 0.302 e. The summed E-state index contributed by atoms with van der Waals surface area (Å²) in [5.74, 6) is 2.38. The van der Waals surface area contributed by atoms with Gasteiger partial charge in [0.1, 0.15) is 12.2 Å². The second-order valence-corrected chi connectivity index (χ2v) is 13.4. The Morgan fingerprint density at radius 2 is 1.69 bits per heavy atom. The van der Waals surface area contributed by atoms with Crippen molar-refractivity contribution in [1.29, 1.82) is 0 Å². The van der Waals surface area contributed by atoms with Crippen molar-refractivity contribution in [3.63, 3.8) is 0 Å². The summed E-state index contributed by atoms with van der Waals surface area (Å²) in [6.07, 6.45) is 11.1. The van der Waals surface area contributed by atoms with Crippen LogP contribution in [0.15, 0.2) is 11.6 Å². The van der Waals surface area contributed by atoms with Gasteiger partial charge >= 0.3 is 11.9 Å². The molecule has 4 aliphatic rings. The van der Waals surface area contributed by atoms with Crippen molar-refractivity contribution in [3.8, 4) is 0 Å². The molecular formula is C31H48O5. The molecule has 0 spiro atoms. The molecule has 3 saturated carbocycles. The number of esters is 2. The molecular weight excluding hydrogens is 452 g/mol. The standard InChI is InChI=1S/C31H48O5/c1-18(2)28(36-21(5)33)11-8-19(3)24-9-10-25-29-26(13-15-31(24,25)7)30(6)14-12-23(35-20(4)32)16-22(30)17-27(29)34/h17-19,23-26,28-29H,8-16H2,1-7H3/t19-,23+,24-,25+,26+,28-,29+,30+,31-/m1/s1. The Morgan fingerprint density at radius 1 is 0.972 bits per heavy atom. The largest absolute Gasteiger partial charge is 0.462 e. The number of allylic oxidation sites excluding steroid dienone is 1. The van der Waals surface area contributed by atoms with Gasteiger partial charge in [0.2, 0.25) is 0 Å². The fourth-order valence-corrected chi connectivity index (χ4v) is 9.05. The molecule has 5 nitrogen and oxygen atoms in total. The number of rotatable bonds is 7. The first kappa shape index (κ1) is 27.4. The summed E-state index contributed by atoms with van der Waals surface area (Å²) in [7, 11) is 0. The summed E-state index contributed by atoms with van der Waals surface area (Å²) in [4.78, 5) is 36.8. The summed E-state index contributed by atoms with van der Waals surface area (Å²) < 4.78 is 11.2. The van der Waals surface area contributed by atoms with Crippen molar-refractivity contribution in [1.82, 2.24) is 0 Å². The lowest BCUT2D eigenvalue weighted by molar-refractivity contribution is -0.150. The Labute approximate surface area is 218 Å². The van der Waals surface area contributed by atoms with E-state index in [0.29, 0.717) is 41.8 Å². The van der Waals surface area contributed by atoms with Crippen molar-refractivity contribution >= 4 is 17.7 Å². The zero-order valence-electron chi connectivity index (χ0n) is 23.6. The molecule has 0 bridgehead atoms. The SMILES string of the molecule is CC(=O)O[C@H]1CC[C@@]2(C)C(=CC(=O)[C@H]3[C@@H]4CC[C@H]([C@H](C)CC[C@@H](OC(C)=O)C(C)C)[C@@]4(C)CC[C@@H]32)C1. The van der Waals surface area contributed by atoms with Crippen LogP contribution in [0.2, 0.25) is 0 Å². The average Bonchev–Trinajstić information content (AvgIpc) is 3.14. The lowest BCUT2D eigenvalue weighted by Crippen LogP contribution is -2.53. The minimum Gasteiger partial charge on any atom is -0.462 e. The van der Waals surface area contributed by atoms with Gasteiger partial charge in [0.05, 0.1) is 0 Å². The van der Waals surface area contributed by atoms with Gasteiger partial charge in [-0.2, -0.15) is 0 Å². The highest BCUT2D eigenvalue weighted by Crippen LogP contribution is 2.66. The van der Waals surface area contributed by atoms with Gasteiger partial charge in [-0.1, -0.05) is 40.2 Å². The van der Waals surface area contributed by atoms with Crippen LogP contribution in [0.3, 0.4) is 0 Å². The highest BCUT2D eigenvalue weighted by molar-refractivity contribution is 5.94. The Balaban J connectivity index is 1.49. The van der Waals surface area contributed by atoms with Crippen molar-refractivity contribution < 1.29 is 23.9 Å². The van der Waals surface area contributed by atoms with Crippen molar-refractivity contribution in [2.24, 2.45) is 46.3 Å². The van der Waals surface area contributed by atoms with E-state index < -0.39 is 0 Å². The van der Waals surface area contributed by atoms with Gasteiger partial charge in [-0.05, 0) is 97.9 Å². The van der Waals surface area contributed by atoms with Gasteiger partial charge in [-0.3, -0.25) is 14.4 Å². The number of carbonyl (C=O) groups is 3. The lowest BCUT2D eigenvalue weighted by Gasteiger charge is -2.57. The van der Waals surface area contributed by atoms with E-state index in [-0.39, 0.29) is 40.9 Å². The summed E-state index contributed by atoms with van der Waals surface area (Å²) in [6, 6.07) is 0. The maximum atomic E-state index is 13.7.